The number of rotatable bonds is 4. The lowest BCUT2D eigenvalue weighted by molar-refractivity contribution is -0.0814. The number of amides is 1. The number of pyridine rings is 1. The fourth-order valence-electron chi connectivity index (χ4n) is 3.53. The van der Waals surface area contributed by atoms with Crippen LogP contribution in [0.3, 0.4) is 0 Å². The maximum absolute atomic E-state index is 12.8. The van der Waals surface area contributed by atoms with Crippen molar-refractivity contribution in [3.8, 4) is 0 Å². The van der Waals surface area contributed by atoms with Crippen LogP contribution in [0.4, 0.5) is 0 Å². The number of nitrogens with zero attached hydrogens (tertiary/aromatic N) is 4. The van der Waals surface area contributed by atoms with Crippen molar-refractivity contribution in [1.29, 1.82) is 0 Å². The summed E-state index contributed by atoms with van der Waals surface area (Å²) in [5.74, 6) is -0.0909. The largest absolute Gasteiger partial charge is 0.373 e. The summed E-state index contributed by atoms with van der Waals surface area (Å²) in [5.41, 5.74) is 1.28. The van der Waals surface area contributed by atoms with E-state index in [4.69, 9.17) is 9.47 Å². The molecule has 2 aliphatic rings. The van der Waals surface area contributed by atoms with Crippen LogP contribution in [-0.4, -0.2) is 57.2 Å². The van der Waals surface area contributed by atoms with Gasteiger partial charge in [-0.05, 0) is 31.0 Å². The zero-order valence-corrected chi connectivity index (χ0v) is 13.8. The molecular weight excluding hydrogens is 320 g/mol. The summed E-state index contributed by atoms with van der Waals surface area (Å²) in [4.78, 5) is 26.9. The molecule has 2 aliphatic heterocycles. The molecule has 2 fully saturated rings. The molecule has 0 aliphatic carbocycles. The van der Waals surface area contributed by atoms with E-state index < -0.39 is 0 Å². The van der Waals surface area contributed by atoms with Crippen LogP contribution in [0.5, 0.6) is 0 Å². The maximum atomic E-state index is 12.8. The number of likely N-dealkylation sites (tertiary alicyclic amines) is 1. The fourth-order valence-corrected chi connectivity index (χ4v) is 3.53. The molecule has 4 heterocycles. The van der Waals surface area contributed by atoms with Crippen LogP contribution >= 0.6 is 0 Å². The Morgan fingerprint density at radius 1 is 1.28 bits per heavy atom. The van der Waals surface area contributed by atoms with Gasteiger partial charge < -0.3 is 14.4 Å². The Morgan fingerprint density at radius 2 is 2.24 bits per heavy atom. The van der Waals surface area contributed by atoms with E-state index in [2.05, 4.69) is 15.0 Å². The molecule has 0 bridgehead atoms. The summed E-state index contributed by atoms with van der Waals surface area (Å²) in [5, 5.41) is 0. The van der Waals surface area contributed by atoms with Gasteiger partial charge in [-0.1, -0.05) is 6.07 Å². The zero-order chi connectivity index (χ0) is 17.1. The molecular formula is C18H20N4O3. The van der Waals surface area contributed by atoms with Gasteiger partial charge in [0.05, 0.1) is 24.9 Å². The predicted molar refractivity (Wildman–Crippen MR) is 88.6 cm³/mol. The Kier molecular flexibility index (Phi) is 4.67. The molecule has 0 saturated carbocycles. The van der Waals surface area contributed by atoms with Crippen molar-refractivity contribution in [2.24, 2.45) is 0 Å². The summed E-state index contributed by atoms with van der Waals surface area (Å²) < 4.78 is 12.0. The third-order valence-electron chi connectivity index (χ3n) is 4.71. The molecule has 2 aromatic rings. The average Bonchev–Trinajstić information content (AvgIpc) is 3.06. The van der Waals surface area contributed by atoms with E-state index in [1.165, 1.54) is 6.33 Å². The summed E-state index contributed by atoms with van der Waals surface area (Å²) in [6.45, 7) is 1.62. The van der Waals surface area contributed by atoms with Gasteiger partial charge >= 0.3 is 0 Å². The van der Waals surface area contributed by atoms with E-state index in [0.717, 1.165) is 18.5 Å². The molecule has 4 rings (SSSR count). The first-order valence-electron chi connectivity index (χ1n) is 8.53. The van der Waals surface area contributed by atoms with Crippen molar-refractivity contribution in [3.63, 3.8) is 0 Å². The number of carbonyl (C=O) groups is 1. The Balaban J connectivity index is 1.48. The van der Waals surface area contributed by atoms with Gasteiger partial charge in [-0.3, -0.25) is 9.78 Å². The van der Waals surface area contributed by atoms with Crippen LogP contribution in [0.1, 0.15) is 29.0 Å². The molecule has 0 N–H and O–H groups in total. The molecule has 0 aromatic carbocycles. The van der Waals surface area contributed by atoms with Crippen LogP contribution in [0.25, 0.3) is 0 Å². The Labute approximate surface area is 146 Å². The molecule has 7 nitrogen and oxygen atoms in total. The molecule has 1 amide bonds. The quantitative estimate of drug-likeness (QED) is 0.839. The van der Waals surface area contributed by atoms with E-state index >= 15 is 0 Å². The van der Waals surface area contributed by atoms with Crippen molar-refractivity contribution in [2.75, 3.05) is 13.2 Å². The fraction of sp³-hybridized carbons (Fsp3) is 0.444. The zero-order valence-electron chi connectivity index (χ0n) is 13.8. The van der Waals surface area contributed by atoms with Gasteiger partial charge in [0, 0.05) is 19.0 Å². The summed E-state index contributed by atoms with van der Waals surface area (Å²) in [6.07, 6.45) is 6.35. The SMILES string of the molecule is O=C(c1ccncn1)N1C[C@@H](OCc2ccccn2)[C@H]2OCCC[C@H]21. The lowest BCUT2D eigenvalue weighted by Crippen LogP contribution is -2.44. The summed E-state index contributed by atoms with van der Waals surface area (Å²) in [6, 6.07) is 7.42. The third kappa shape index (κ3) is 3.38. The minimum absolute atomic E-state index is 0.0324. The van der Waals surface area contributed by atoms with Crippen LogP contribution in [-0.2, 0) is 16.1 Å². The number of hydrogen-bond acceptors (Lipinski definition) is 6. The molecule has 2 aromatic heterocycles. The van der Waals surface area contributed by atoms with Gasteiger partial charge in [0.15, 0.2) is 0 Å². The second kappa shape index (κ2) is 7.25. The van der Waals surface area contributed by atoms with Crippen molar-refractivity contribution in [2.45, 2.75) is 37.7 Å². The maximum Gasteiger partial charge on any atom is 0.273 e. The van der Waals surface area contributed by atoms with Crippen molar-refractivity contribution in [1.82, 2.24) is 19.9 Å². The lowest BCUT2D eigenvalue weighted by Gasteiger charge is -2.32. The molecule has 2 saturated heterocycles. The van der Waals surface area contributed by atoms with Gasteiger partial charge in [0.1, 0.15) is 24.2 Å². The lowest BCUT2D eigenvalue weighted by atomic mass is 10.0. The van der Waals surface area contributed by atoms with Gasteiger partial charge in [-0.15, -0.1) is 0 Å². The Bertz CT molecular complexity index is 713. The number of aromatic nitrogens is 3. The normalized spacial score (nSPS) is 25.6. The van der Waals surface area contributed by atoms with Gasteiger partial charge in [-0.25, -0.2) is 9.97 Å². The highest BCUT2D eigenvalue weighted by Crippen LogP contribution is 2.32. The highest BCUT2D eigenvalue weighted by Gasteiger charge is 2.47. The molecule has 0 unspecified atom stereocenters. The smallest absolute Gasteiger partial charge is 0.273 e. The van der Waals surface area contributed by atoms with Crippen LogP contribution in [0.15, 0.2) is 43.0 Å². The number of ether oxygens (including phenoxy) is 2. The molecule has 25 heavy (non-hydrogen) atoms. The Hall–Kier alpha value is -2.38. The number of hydrogen-bond donors (Lipinski definition) is 0. The first kappa shape index (κ1) is 16.1. The van der Waals surface area contributed by atoms with Gasteiger partial charge in [0.2, 0.25) is 0 Å². The van der Waals surface area contributed by atoms with E-state index in [1.54, 1.807) is 18.5 Å². The number of carbonyl (C=O) groups excluding carboxylic acids is 1. The second-order valence-corrected chi connectivity index (χ2v) is 6.27. The third-order valence-corrected chi connectivity index (χ3v) is 4.71. The second-order valence-electron chi connectivity index (χ2n) is 6.27. The number of fused-ring (bicyclic) bond motifs is 1. The highest BCUT2D eigenvalue weighted by atomic mass is 16.5. The van der Waals surface area contributed by atoms with Crippen LogP contribution in [0.2, 0.25) is 0 Å². The molecule has 0 radical (unpaired) electrons. The van der Waals surface area contributed by atoms with E-state index in [1.807, 2.05) is 23.1 Å². The van der Waals surface area contributed by atoms with Gasteiger partial charge in [0.25, 0.3) is 5.91 Å². The van der Waals surface area contributed by atoms with Gasteiger partial charge in [-0.2, -0.15) is 0 Å². The summed E-state index contributed by atoms with van der Waals surface area (Å²) in [7, 11) is 0. The molecule has 0 spiro atoms. The minimum atomic E-state index is -0.155. The van der Waals surface area contributed by atoms with E-state index in [0.29, 0.717) is 25.5 Å². The van der Waals surface area contributed by atoms with Crippen molar-refractivity contribution < 1.29 is 14.3 Å². The van der Waals surface area contributed by atoms with E-state index in [9.17, 15) is 4.79 Å². The highest BCUT2D eigenvalue weighted by molar-refractivity contribution is 5.92. The monoisotopic (exact) mass is 340 g/mol. The van der Waals surface area contributed by atoms with Crippen LogP contribution in [0, 0.1) is 0 Å². The van der Waals surface area contributed by atoms with Crippen molar-refractivity contribution >= 4 is 5.91 Å². The topological polar surface area (TPSA) is 77.4 Å². The average molecular weight is 340 g/mol. The predicted octanol–water partition coefficient (Wildman–Crippen LogP) is 1.46. The first-order chi connectivity index (χ1) is 12.3. The summed E-state index contributed by atoms with van der Waals surface area (Å²) >= 11 is 0. The van der Waals surface area contributed by atoms with Crippen molar-refractivity contribution in [3.05, 3.63) is 54.4 Å². The Morgan fingerprint density at radius 3 is 3.04 bits per heavy atom. The molecule has 3 atom stereocenters. The van der Waals surface area contributed by atoms with E-state index in [-0.39, 0.29) is 24.2 Å². The molecule has 130 valence electrons. The standard InChI is InChI=1S/C18H20N4O3/c23-18(14-6-8-19-12-21-14)22-10-16(17-15(22)5-3-9-24-17)25-11-13-4-1-2-7-20-13/h1-2,4,6-8,12,15-17H,3,5,9-11H2/t15-,16-,17+/m1/s1. The van der Waals surface area contributed by atoms with Crippen LogP contribution < -0.4 is 0 Å². The molecule has 7 heteroatoms. The minimum Gasteiger partial charge on any atom is -0.373 e. The first-order valence-corrected chi connectivity index (χ1v) is 8.53.